The molecule has 6 nitrogen and oxygen atoms in total. The van der Waals surface area contributed by atoms with Crippen LogP contribution in [-0.4, -0.2) is 17.5 Å². The largest absolute Gasteiger partial charge is 0.467 e. The molecule has 7 heteroatoms. The average molecular weight is 305 g/mol. The van der Waals surface area contributed by atoms with Crippen molar-refractivity contribution >= 4 is 28.9 Å². The van der Waals surface area contributed by atoms with E-state index in [9.17, 15) is 9.59 Å². The van der Waals surface area contributed by atoms with Crippen LogP contribution in [0.4, 0.5) is 0 Å². The van der Waals surface area contributed by atoms with Crippen LogP contribution >= 0.6 is 11.3 Å². The quantitative estimate of drug-likeness (QED) is 0.633. The number of carbonyl (C=O) groups excluding carboxylic acids is 2. The first-order chi connectivity index (χ1) is 10.1. The lowest BCUT2D eigenvalue weighted by Crippen LogP contribution is -2.25. The zero-order valence-corrected chi connectivity index (χ0v) is 12.3. The molecule has 0 saturated carbocycles. The van der Waals surface area contributed by atoms with Crippen molar-refractivity contribution < 1.29 is 14.0 Å². The number of rotatable bonds is 6. The fourth-order valence-electron chi connectivity index (χ4n) is 1.54. The maximum atomic E-state index is 11.7. The molecular formula is C14H15N3O3S. The van der Waals surface area contributed by atoms with Gasteiger partial charge in [-0.3, -0.25) is 9.59 Å². The smallest absolute Gasteiger partial charge is 0.281 e. The van der Waals surface area contributed by atoms with Crippen LogP contribution < -0.4 is 10.7 Å². The number of hydrogen-bond donors (Lipinski definition) is 2. The summed E-state index contributed by atoms with van der Waals surface area (Å²) in [7, 11) is 0. The summed E-state index contributed by atoms with van der Waals surface area (Å²) in [6.45, 7) is 2.02. The van der Waals surface area contributed by atoms with Crippen LogP contribution in [0.15, 0.2) is 45.4 Å². The molecule has 0 aliphatic rings. The van der Waals surface area contributed by atoms with E-state index < -0.39 is 0 Å². The van der Waals surface area contributed by atoms with E-state index in [1.807, 2.05) is 5.38 Å². The summed E-state index contributed by atoms with van der Waals surface area (Å²) in [6, 6.07) is 7.04. The third-order valence-corrected chi connectivity index (χ3v) is 3.42. The summed E-state index contributed by atoms with van der Waals surface area (Å²) in [5, 5.41) is 8.42. The van der Waals surface area contributed by atoms with Crippen molar-refractivity contribution in [2.45, 2.75) is 19.9 Å². The molecule has 0 spiro atoms. The van der Waals surface area contributed by atoms with Gasteiger partial charge in [-0.05, 0) is 30.5 Å². The maximum absolute atomic E-state index is 11.7. The van der Waals surface area contributed by atoms with E-state index in [4.69, 9.17) is 4.42 Å². The van der Waals surface area contributed by atoms with Crippen LogP contribution in [0.2, 0.25) is 0 Å². The Morgan fingerprint density at radius 2 is 2.19 bits per heavy atom. The van der Waals surface area contributed by atoms with Gasteiger partial charge in [-0.1, -0.05) is 6.07 Å². The third kappa shape index (κ3) is 4.88. The van der Waals surface area contributed by atoms with Crippen molar-refractivity contribution in [2.24, 2.45) is 5.10 Å². The van der Waals surface area contributed by atoms with Gasteiger partial charge in [0, 0.05) is 5.71 Å². The van der Waals surface area contributed by atoms with Gasteiger partial charge in [0.2, 0.25) is 5.91 Å². The molecule has 0 aliphatic carbocycles. The Hall–Kier alpha value is -2.41. The minimum Gasteiger partial charge on any atom is -0.467 e. The molecule has 2 aromatic heterocycles. The highest BCUT2D eigenvalue weighted by Gasteiger charge is 2.07. The van der Waals surface area contributed by atoms with Crippen LogP contribution in [0.1, 0.15) is 28.8 Å². The van der Waals surface area contributed by atoms with Crippen molar-refractivity contribution in [2.75, 3.05) is 0 Å². The van der Waals surface area contributed by atoms with Gasteiger partial charge in [-0.2, -0.15) is 5.10 Å². The lowest BCUT2D eigenvalue weighted by molar-refractivity contribution is -0.120. The van der Waals surface area contributed by atoms with Crippen LogP contribution in [0.25, 0.3) is 0 Å². The molecule has 0 unspecified atom stereocenters. The van der Waals surface area contributed by atoms with Gasteiger partial charge < -0.3 is 9.73 Å². The number of thiophene rings is 1. The number of hydrogen-bond acceptors (Lipinski definition) is 5. The Bertz CT molecular complexity index is 618. The number of hydrazone groups is 1. The van der Waals surface area contributed by atoms with Gasteiger partial charge in [0.05, 0.1) is 24.1 Å². The highest BCUT2D eigenvalue weighted by molar-refractivity contribution is 7.12. The molecule has 21 heavy (non-hydrogen) atoms. The van der Waals surface area contributed by atoms with Crippen molar-refractivity contribution in [3.63, 3.8) is 0 Å². The van der Waals surface area contributed by atoms with Crippen LogP contribution in [0, 0.1) is 0 Å². The molecule has 0 radical (unpaired) electrons. The number of nitrogens with one attached hydrogen (secondary N) is 2. The van der Waals surface area contributed by atoms with E-state index in [1.54, 1.807) is 37.5 Å². The SMILES string of the molecule is CC(CC(=O)NCc1ccco1)=NNC(=O)c1cccs1. The van der Waals surface area contributed by atoms with Gasteiger partial charge >= 0.3 is 0 Å². The maximum Gasteiger partial charge on any atom is 0.281 e. The van der Waals surface area contributed by atoms with E-state index >= 15 is 0 Å². The third-order valence-electron chi connectivity index (χ3n) is 2.55. The first-order valence-electron chi connectivity index (χ1n) is 6.31. The fourth-order valence-corrected chi connectivity index (χ4v) is 2.16. The standard InChI is InChI=1S/C14H15N3O3S/c1-10(16-17-14(19)12-5-3-7-21-12)8-13(18)15-9-11-4-2-6-20-11/h2-7H,8-9H2,1H3,(H,15,18)(H,17,19). The Labute approximate surface area is 125 Å². The Kier molecular flexibility index (Phi) is 5.28. The first-order valence-corrected chi connectivity index (χ1v) is 7.19. The zero-order valence-electron chi connectivity index (χ0n) is 11.5. The summed E-state index contributed by atoms with van der Waals surface area (Å²) in [5.74, 6) is 0.224. The van der Waals surface area contributed by atoms with Gasteiger partial charge in [-0.25, -0.2) is 5.43 Å². The first kappa shape index (κ1) is 15.0. The number of carbonyl (C=O) groups is 2. The predicted molar refractivity (Wildman–Crippen MR) is 80.1 cm³/mol. The van der Waals surface area contributed by atoms with Crippen molar-refractivity contribution in [1.29, 1.82) is 0 Å². The molecule has 0 aliphatic heterocycles. The summed E-state index contributed by atoms with van der Waals surface area (Å²) < 4.78 is 5.11. The summed E-state index contributed by atoms with van der Waals surface area (Å²) >= 11 is 1.33. The van der Waals surface area contributed by atoms with E-state index in [0.717, 1.165) is 0 Å². The molecule has 2 N–H and O–H groups in total. The molecule has 2 amide bonds. The molecule has 2 aromatic rings. The van der Waals surface area contributed by atoms with Gasteiger partial charge in [0.25, 0.3) is 5.91 Å². The second-order valence-electron chi connectivity index (χ2n) is 4.30. The van der Waals surface area contributed by atoms with Crippen LogP contribution in [0.5, 0.6) is 0 Å². The molecular weight excluding hydrogens is 290 g/mol. The number of amides is 2. The molecule has 0 bridgehead atoms. The van der Waals surface area contributed by atoms with Gasteiger partial charge in [-0.15, -0.1) is 11.3 Å². The monoisotopic (exact) mass is 305 g/mol. The lowest BCUT2D eigenvalue weighted by Gasteiger charge is -2.03. The second-order valence-corrected chi connectivity index (χ2v) is 5.25. The zero-order chi connectivity index (χ0) is 15.1. The number of furan rings is 1. The molecule has 0 aromatic carbocycles. The fraction of sp³-hybridized carbons (Fsp3) is 0.214. The van der Waals surface area contributed by atoms with Crippen LogP contribution in [0.3, 0.4) is 0 Å². The van der Waals surface area contributed by atoms with Crippen LogP contribution in [-0.2, 0) is 11.3 Å². The van der Waals surface area contributed by atoms with Crippen molar-refractivity contribution in [3.05, 3.63) is 46.5 Å². The average Bonchev–Trinajstić information content (AvgIpc) is 3.15. The molecule has 2 heterocycles. The molecule has 0 fully saturated rings. The Morgan fingerprint density at radius 3 is 2.86 bits per heavy atom. The highest BCUT2D eigenvalue weighted by atomic mass is 32.1. The Morgan fingerprint density at radius 1 is 1.33 bits per heavy atom. The minimum absolute atomic E-state index is 0.116. The summed E-state index contributed by atoms with van der Waals surface area (Å²) in [4.78, 5) is 23.9. The molecule has 2 rings (SSSR count). The summed E-state index contributed by atoms with van der Waals surface area (Å²) in [6.07, 6.45) is 1.67. The van der Waals surface area contributed by atoms with Gasteiger partial charge in [0.1, 0.15) is 5.76 Å². The minimum atomic E-state index is -0.277. The second kappa shape index (κ2) is 7.39. The van der Waals surface area contributed by atoms with Gasteiger partial charge in [0.15, 0.2) is 0 Å². The van der Waals surface area contributed by atoms with E-state index in [0.29, 0.717) is 22.9 Å². The van der Waals surface area contributed by atoms with Crippen molar-refractivity contribution in [3.8, 4) is 0 Å². The normalized spacial score (nSPS) is 11.2. The number of nitrogens with zero attached hydrogens (tertiary/aromatic N) is 1. The molecule has 110 valence electrons. The van der Waals surface area contributed by atoms with E-state index in [-0.39, 0.29) is 18.2 Å². The predicted octanol–water partition coefficient (Wildman–Crippen LogP) is 2.15. The highest BCUT2D eigenvalue weighted by Crippen LogP contribution is 2.07. The molecule has 0 saturated heterocycles. The van der Waals surface area contributed by atoms with E-state index in [2.05, 4.69) is 15.8 Å². The topological polar surface area (TPSA) is 83.7 Å². The lowest BCUT2D eigenvalue weighted by atomic mass is 10.3. The Balaban J connectivity index is 1.75. The molecule has 0 atom stereocenters. The summed E-state index contributed by atoms with van der Waals surface area (Å²) in [5.41, 5.74) is 2.95. The van der Waals surface area contributed by atoms with E-state index in [1.165, 1.54) is 11.3 Å². The van der Waals surface area contributed by atoms with Crippen molar-refractivity contribution in [1.82, 2.24) is 10.7 Å².